The van der Waals surface area contributed by atoms with E-state index in [0.29, 0.717) is 29.2 Å². The van der Waals surface area contributed by atoms with E-state index < -0.39 is 18.0 Å². The Hall–Kier alpha value is -3.08. The van der Waals surface area contributed by atoms with Crippen molar-refractivity contribution in [2.24, 2.45) is 0 Å². The zero-order valence-corrected chi connectivity index (χ0v) is 17.1. The third-order valence-electron chi connectivity index (χ3n) is 3.99. The lowest BCUT2D eigenvalue weighted by molar-refractivity contribution is -0.123. The predicted octanol–water partition coefficient (Wildman–Crippen LogP) is 3.94. The third-order valence-corrected chi connectivity index (χ3v) is 4.30. The van der Waals surface area contributed by atoms with Crippen LogP contribution in [0.4, 0.5) is 5.69 Å². The fourth-order valence-corrected chi connectivity index (χ4v) is 2.66. The van der Waals surface area contributed by atoms with Gasteiger partial charge >= 0.3 is 5.97 Å². The van der Waals surface area contributed by atoms with Crippen LogP contribution in [0, 0.1) is 11.3 Å². The first kappa shape index (κ1) is 22.2. The van der Waals surface area contributed by atoms with E-state index in [0.717, 1.165) is 0 Å². The lowest BCUT2D eigenvalue weighted by atomic mass is 10.1. The molecule has 0 heterocycles. The van der Waals surface area contributed by atoms with Crippen LogP contribution in [0.25, 0.3) is 0 Å². The molecule has 0 radical (unpaired) electrons. The van der Waals surface area contributed by atoms with Gasteiger partial charge in [0, 0.05) is 17.9 Å². The summed E-state index contributed by atoms with van der Waals surface area (Å²) in [6.07, 6.45) is -1.05. The molecular formula is C21H21ClN2O5. The molecule has 0 aliphatic carbocycles. The normalized spacial score (nSPS) is 11.3. The molecule has 0 saturated carbocycles. The van der Waals surface area contributed by atoms with E-state index in [1.54, 1.807) is 24.3 Å². The van der Waals surface area contributed by atoms with Crippen LogP contribution in [0.3, 0.4) is 0 Å². The molecule has 1 atom stereocenters. The zero-order valence-electron chi connectivity index (χ0n) is 16.3. The number of esters is 1. The summed E-state index contributed by atoms with van der Waals surface area (Å²) in [6, 6.07) is 11.2. The quantitative estimate of drug-likeness (QED) is 0.654. The number of methoxy groups -OCH3 is 1. The van der Waals surface area contributed by atoms with Crippen molar-refractivity contribution in [1.29, 1.82) is 5.26 Å². The smallest absolute Gasteiger partial charge is 0.338 e. The van der Waals surface area contributed by atoms with E-state index in [2.05, 4.69) is 5.32 Å². The van der Waals surface area contributed by atoms with Crippen LogP contribution in [-0.2, 0) is 20.9 Å². The number of nitrogens with one attached hydrogen (secondary N) is 1. The largest absolute Gasteiger partial charge is 0.496 e. The van der Waals surface area contributed by atoms with E-state index in [1.807, 2.05) is 13.0 Å². The molecule has 7 nitrogen and oxygen atoms in total. The fourth-order valence-electron chi connectivity index (χ4n) is 2.44. The van der Waals surface area contributed by atoms with Gasteiger partial charge in [0.15, 0.2) is 6.10 Å². The van der Waals surface area contributed by atoms with Crippen molar-refractivity contribution in [3.05, 3.63) is 58.1 Å². The number of nitriles is 1. The number of carbonyl (C=O) groups is 2. The van der Waals surface area contributed by atoms with Crippen LogP contribution in [0.5, 0.6) is 5.75 Å². The van der Waals surface area contributed by atoms with Crippen LogP contribution in [0.15, 0.2) is 36.4 Å². The standard InChI is InChI=1S/C21H21ClN2O5/c1-4-28-12-16-9-14(6-8-19(16)27-3)21(26)29-13(2)20(25)24-17-7-5-15(11-23)18(22)10-17/h5-10,13H,4,12H2,1-3H3,(H,24,25)/t13-/m0/s1. The zero-order chi connectivity index (χ0) is 21.4. The number of hydrogen-bond donors (Lipinski definition) is 1. The minimum Gasteiger partial charge on any atom is -0.496 e. The minimum absolute atomic E-state index is 0.218. The highest BCUT2D eigenvalue weighted by Crippen LogP contribution is 2.22. The monoisotopic (exact) mass is 416 g/mol. The number of halogens is 1. The molecule has 152 valence electrons. The Balaban J connectivity index is 2.05. The molecule has 29 heavy (non-hydrogen) atoms. The summed E-state index contributed by atoms with van der Waals surface area (Å²) in [5.41, 5.74) is 1.67. The summed E-state index contributed by atoms with van der Waals surface area (Å²) in [5.74, 6) is -0.577. The fraction of sp³-hybridized carbons (Fsp3) is 0.286. The van der Waals surface area contributed by atoms with E-state index in [-0.39, 0.29) is 17.2 Å². The number of amides is 1. The molecule has 2 aromatic rings. The van der Waals surface area contributed by atoms with Crippen LogP contribution < -0.4 is 10.1 Å². The Labute approximate surface area is 174 Å². The topological polar surface area (TPSA) is 97.6 Å². The molecule has 0 aliphatic rings. The average molecular weight is 417 g/mol. The Morgan fingerprint density at radius 3 is 2.62 bits per heavy atom. The highest BCUT2D eigenvalue weighted by atomic mass is 35.5. The second kappa shape index (κ2) is 10.5. The minimum atomic E-state index is -1.05. The van der Waals surface area contributed by atoms with Gasteiger partial charge in [-0.15, -0.1) is 0 Å². The highest BCUT2D eigenvalue weighted by molar-refractivity contribution is 6.32. The maximum absolute atomic E-state index is 12.4. The first-order valence-electron chi connectivity index (χ1n) is 8.85. The van der Waals surface area contributed by atoms with Crippen molar-refractivity contribution in [3.63, 3.8) is 0 Å². The van der Waals surface area contributed by atoms with Crippen molar-refractivity contribution in [3.8, 4) is 11.8 Å². The highest BCUT2D eigenvalue weighted by Gasteiger charge is 2.20. The Morgan fingerprint density at radius 2 is 2.00 bits per heavy atom. The third kappa shape index (κ3) is 5.95. The van der Waals surface area contributed by atoms with Crippen molar-refractivity contribution in [2.75, 3.05) is 19.0 Å². The number of nitrogens with zero attached hydrogens (tertiary/aromatic N) is 1. The van der Waals surface area contributed by atoms with Crippen LogP contribution >= 0.6 is 11.6 Å². The number of rotatable bonds is 8. The Morgan fingerprint density at radius 1 is 1.24 bits per heavy atom. The van der Waals surface area contributed by atoms with Crippen molar-refractivity contribution in [1.82, 2.24) is 0 Å². The van der Waals surface area contributed by atoms with Gasteiger partial charge in [0.2, 0.25) is 0 Å². The maximum Gasteiger partial charge on any atom is 0.338 e. The van der Waals surface area contributed by atoms with E-state index in [1.165, 1.54) is 26.2 Å². The molecular weight excluding hydrogens is 396 g/mol. The molecule has 2 rings (SSSR count). The first-order chi connectivity index (χ1) is 13.9. The molecule has 0 spiro atoms. The van der Waals surface area contributed by atoms with Gasteiger partial charge in [-0.2, -0.15) is 5.26 Å². The molecule has 0 aromatic heterocycles. The predicted molar refractivity (Wildman–Crippen MR) is 108 cm³/mol. The van der Waals surface area contributed by atoms with E-state index in [4.69, 9.17) is 31.1 Å². The Bertz CT molecular complexity index is 939. The summed E-state index contributed by atoms with van der Waals surface area (Å²) in [6.45, 7) is 4.14. The second-order valence-corrected chi connectivity index (χ2v) is 6.41. The number of ether oxygens (including phenoxy) is 3. The Kier molecular flexibility index (Phi) is 8.01. The summed E-state index contributed by atoms with van der Waals surface area (Å²) >= 11 is 5.95. The van der Waals surface area contributed by atoms with Gasteiger partial charge in [-0.05, 0) is 50.2 Å². The summed E-state index contributed by atoms with van der Waals surface area (Å²) in [4.78, 5) is 24.8. The van der Waals surface area contributed by atoms with Gasteiger partial charge in [0.05, 0.1) is 29.9 Å². The second-order valence-electron chi connectivity index (χ2n) is 6.01. The molecule has 1 amide bonds. The van der Waals surface area contributed by atoms with Gasteiger partial charge in [-0.1, -0.05) is 11.6 Å². The molecule has 0 unspecified atom stereocenters. The molecule has 2 aromatic carbocycles. The average Bonchev–Trinajstić information content (AvgIpc) is 2.71. The van der Waals surface area contributed by atoms with Gasteiger partial charge in [0.1, 0.15) is 11.8 Å². The summed E-state index contributed by atoms with van der Waals surface area (Å²) < 4.78 is 15.9. The van der Waals surface area contributed by atoms with Crippen LogP contribution in [0.1, 0.15) is 35.3 Å². The number of carbonyl (C=O) groups excluding carboxylic acids is 2. The van der Waals surface area contributed by atoms with Gasteiger partial charge in [-0.3, -0.25) is 4.79 Å². The van der Waals surface area contributed by atoms with Gasteiger partial charge < -0.3 is 19.5 Å². The molecule has 8 heteroatoms. The van der Waals surface area contributed by atoms with Gasteiger partial charge in [-0.25, -0.2) is 4.79 Å². The van der Waals surface area contributed by atoms with Crippen molar-refractivity contribution < 1.29 is 23.8 Å². The SMILES string of the molecule is CCOCc1cc(C(=O)O[C@@H](C)C(=O)Nc2ccc(C#N)c(Cl)c2)ccc1OC. The summed E-state index contributed by atoms with van der Waals surface area (Å²) in [7, 11) is 1.53. The molecule has 1 N–H and O–H groups in total. The first-order valence-corrected chi connectivity index (χ1v) is 9.23. The van der Waals surface area contributed by atoms with E-state index >= 15 is 0 Å². The molecule has 0 fully saturated rings. The maximum atomic E-state index is 12.4. The molecule has 0 aliphatic heterocycles. The lowest BCUT2D eigenvalue weighted by Gasteiger charge is -2.15. The molecule has 0 saturated heterocycles. The van der Waals surface area contributed by atoms with Crippen LogP contribution in [-0.4, -0.2) is 31.7 Å². The van der Waals surface area contributed by atoms with Crippen LogP contribution in [0.2, 0.25) is 5.02 Å². The van der Waals surface area contributed by atoms with E-state index in [9.17, 15) is 9.59 Å². The summed E-state index contributed by atoms with van der Waals surface area (Å²) in [5, 5.41) is 11.7. The number of benzene rings is 2. The van der Waals surface area contributed by atoms with Gasteiger partial charge in [0.25, 0.3) is 5.91 Å². The van der Waals surface area contributed by atoms with Crippen molar-refractivity contribution in [2.45, 2.75) is 26.6 Å². The number of hydrogen-bond acceptors (Lipinski definition) is 6. The molecule has 0 bridgehead atoms. The van der Waals surface area contributed by atoms with Crippen molar-refractivity contribution >= 4 is 29.2 Å². The lowest BCUT2D eigenvalue weighted by Crippen LogP contribution is -2.30. The number of anilines is 1.